The van der Waals surface area contributed by atoms with E-state index in [-0.39, 0.29) is 6.54 Å². The normalized spacial score (nSPS) is 14.0. The van der Waals surface area contributed by atoms with Gasteiger partial charge in [-0.05, 0) is 19.9 Å². The first-order chi connectivity index (χ1) is 7.27. The summed E-state index contributed by atoms with van der Waals surface area (Å²) in [6.45, 7) is 6.09. The van der Waals surface area contributed by atoms with Crippen LogP contribution in [0, 0.1) is 0 Å². The molecule has 1 atom stereocenters. The molecular formula is C9H20N2O4S. The minimum Gasteiger partial charge on any atom is -0.480 e. The molecule has 0 aliphatic carbocycles. The topological polar surface area (TPSA) is 95.5 Å². The van der Waals surface area contributed by atoms with Crippen molar-refractivity contribution in [2.45, 2.75) is 38.5 Å². The minimum absolute atomic E-state index is 0.250. The molecule has 7 heteroatoms. The Morgan fingerprint density at radius 2 is 1.81 bits per heavy atom. The summed E-state index contributed by atoms with van der Waals surface area (Å²) >= 11 is 0. The SMILES string of the molecule is CC(C)NCCCNS(=O)(=O)C(C)C(=O)O. The lowest BCUT2D eigenvalue weighted by atomic mass is 10.3. The number of sulfonamides is 1. The van der Waals surface area contributed by atoms with Gasteiger partial charge in [-0.15, -0.1) is 0 Å². The molecule has 0 rings (SSSR count). The first kappa shape index (κ1) is 15.3. The van der Waals surface area contributed by atoms with Crippen molar-refractivity contribution in [3.63, 3.8) is 0 Å². The fourth-order valence-electron chi connectivity index (χ4n) is 0.951. The number of hydrogen-bond acceptors (Lipinski definition) is 4. The standard InChI is InChI=1S/C9H20N2O4S/c1-7(2)10-5-4-6-11-16(14,15)8(3)9(12)13/h7-8,10-11H,4-6H2,1-3H3,(H,12,13). The zero-order valence-corrected chi connectivity index (χ0v) is 10.7. The Kier molecular flexibility index (Phi) is 6.54. The summed E-state index contributed by atoms with van der Waals surface area (Å²) in [5.41, 5.74) is 0. The number of rotatable bonds is 8. The Hall–Kier alpha value is -0.660. The maximum Gasteiger partial charge on any atom is 0.323 e. The molecular weight excluding hydrogens is 232 g/mol. The number of nitrogens with one attached hydrogen (secondary N) is 2. The van der Waals surface area contributed by atoms with E-state index in [2.05, 4.69) is 10.0 Å². The van der Waals surface area contributed by atoms with Crippen molar-refractivity contribution in [1.29, 1.82) is 0 Å². The van der Waals surface area contributed by atoms with Crippen LogP contribution in [0.3, 0.4) is 0 Å². The van der Waals surface area contributed by atoms with Crippen LogP contribution in [0.5, 0.6) is 0 Å². The van der Waals surface area contributed by atoms with Crippen LogP contribution < -0.4 is 10.0 Å². The van der Waals surface area contributed by atoms with Gasteiger partial charge in [0.1, 0.15) is 0 Å². The van der Waals surface area contributed by atoms with Gasteiger partial charge >= 0.3 is 5.97 Å². The molecule has 0 aromatic heterocycles. The molecule has 0 saturated heterocycles. The maximum atomic E-state index is 11.4. The van der Waals surface area contributed by atoms with Crippen molar-refractivity contribution in [1.82, 2.24) is 10.0 Å². The zero-order valence-electron chi connectivity index (χ0n) is 9.86. The van der Waals surface area contributed by atoms with E-state index in [9.17, 15) is 13.2 Å². The fourth-order valence-corrected chi connectivity index (χ4v) is 1.90. The first-order valence-corrected chi connectivity index (χ1v) is 6.76. The largest absolute Gasteiger partial charge is 0.480 e. The Bertz CT molecular complexity index is 313. The molecule has 0 fully saturated rings. The molecule has 0 aromatic carbocycles. The monoisotopic (exact) mass is 252 g/mol. The predicted octanol–water partition coefficient (Wildman–Crippen LogP) is -0.233. The second-order valence-corrected chi connectivity index (χ2v) is 5.97. The molecule has 0 radical (unpaired) electrons. The van der Waals surface area contributed by atoms with E-state index in [1.165, 1.54) is 0 Å². The lowest BCUT2D eigenvalue weighted by Crippen LogP contribution is -2.38. The van der Waals surface area contributed by atoms with E-state index in [0.29, 0.717) is 19.0 Å². The number of carbonyl (C=O) groups is 1. The summed E-state index contributed by atoms with van der Waals surface area (Å²) in [6, 6.07) is 0.356. The highest BCUT2D eigenvalue weighted by Gasteiger charge is 2.26. The Morgan fingerprint density at radius 1 is 1.25 bits per heavy atom. The maximum absolute atomic E-state index is 11.4. The summed E-state index contributed by atoms with van der Waals surface area (Å²) in [7, 11) is -3.74. The van der Waals surface area contributed by atoms with E-state index in [1.807, 2.05) is 13.8 Å². The van der Waals surface area contributed by atoms with Gasteiger partial charge in [-0.2, -0.15) is 0 Å². The fraction of sp³-hybridized carbons (Fsp3) is 0.889. The summed E-state index contributed by atoms with van der Waals surface area (Å²) < 4.78 is 25.0. The Labute approximate surface area is 96.5 Å². The predicted molar refractivity (Wildman–Crippen MR) is 61.8 cm³/mol. The Balaban J connectivity index is 3.88. The van der Waals surface area contributed by atoms with Gasteiger partial charge in [-0.1, -0.05) is 13.8 Å². The average molecular weight is 252 g/mol. The van der Waals surface area contributed by atoms with Crippen LogP contribution in [0.25, 0.3) is 0 Å². The van der Waals surface area contributed by atoms with E-state index in [4.69, 9.17) is 5.11 Å². The smallest absolute Gasteiger partial charge is 0.323 e. The Morgan fingerprint density at radius 3 is 2.25 bits per heavy atom. The van der Waals surface area contributed by atoms with Crippen molar-refractivity contribution < 1.29 is 18.3 Å². The van der Waals surface area contributed by atoms with Gasteiger partial charge < -0.3 is 10.4 Å². The number of carboxylic acid groups (broad SMARTS) is 1. The van der Waals surface area contributed by atoms with Gasteiger partial charge in [0.05, 0.1) is 0 Å². The zero-order chi connectivity index (χ0) is 12.8. The van der Waals surface area contributed by atoms with Gasteiger partial charge in [-0.3, -0.25) is 4.79 Å². The van der Waals surface area contributed by atoms with E-state index in [1.54, 1.807) is 0 Å². The second kappa shape index (κ2) is 6.82. The number of aliphatic carboxylic acids is 1. The molecule has 6 nitrogen and oxygen atoms in total. The summed E-state index contributed by atoms with van der Waals surface area (Å²) in [6.07, 6.45) is 0.629. The summed E-state index contributed by atoms with van der Waals surface area (Å²) in [4.78, 5) is 10.5. The number of carboxylic acids is 1. The van der Waals surface area contributed by atoms with E-state index in [0.717, 1.165) is 6.92 Å². The lowest BCUT2D eigenvalue weighted by Gasteiger charge is -2.11. The molecule has 16 heavy (non-hydrogen) atoms. The molecule has 3 N–H and O–H groups in total. The van der Waals surface area contributed by atoms with Crippen LogP contribution in [0.4, 0.5) is 0 Å². The molecule has 1 unspecified atom stereocenters. The average Bonchev–Trinajstić information content (AvgIpc) is 2.15. The summed E-state index contributed by atoms with van der Waals surface area (Å²) in [5.74, 6) is -1.34. The van der Waals surface area contributed by atoms with Gasteiger partial charge in [0.25, 0.3) is 0 Å². The summed E-state index contributed by atoms with van der Waals surface area (Å²) in [5, 5.41) is 10.3. The van der Waals surface area contributed by atoms with Gasteiger partial charge in [0, 0.05) is 12.6 Å². The van der Waals surface area contributed by atoms with E-state index >= 15 is 0 Å². The van der Waals surface area contributed by atoms with E-state index < -0.39 is 21.2 Å². The van der Waals surface area contributed by atoms with Gasteiger partial charge in [-0.25, -0.2) is 13.1 Å². The van der Waals surface area contributed by atoms with Crippen LogP contribution in [0.1, 0.15) is 27.2 Å². The molecule has 0 aliphatic rings. The third-order valence-corrected chi connectivity index (χ3v) is 3.76. The van der Waals surface area contributed by atoms with Crippen LogP contribution in [0.15, 0.2) is 0 Å². The third kappa shape index (κ3) is 6.04. The van der Waals surface area contributed by atoms with Crippen molar-refractivity contribution in [3.05, 3.63) is 0 Å². The lowest BCUT2D eigenvalue weighted by molar-refractivity contribution is -0.136. The van der Waals surface area contributed by atoms with Crippen LogP contribution in [-0.2, 0) is 14.8 Å². The molecule has 0 bridgehead atoms. The minimum atomic E-state index is -3.74. The van der Waals surface area contributed by atoms with Crippen molar-refractivity contribution in [2.75, 3.05) is 13.1 Å². The molecule has 0 aromatic rings. The van der Waals surface area contributed by atoms with Crippen LogP contribution in [0.2, 0.25) is 0 Å². The molecule has 0 spiro atoms. The highest BCUT2D eigenvalue weighted by atomic mass is 32.2. The van der Waals surface area contributed by atoms with Crippen molar-refractivity contribution >= 4 is 16.0 Å². The van der Waals surface area contributed by atoms with Crippen LogP contribution >= 0.6 is 0 Å². The highest BCUT2D eigenvalue weighted by Crippen LogP contribution is 1.97. The third-order valence-electron chi connectivity index (χ3n) is 2.02. The van der Waals surface area contributed by atoms with Crippen LogP contribution in [-0.4, -0.2) is 43.9 Å². The molecule has 0 aliphatic heterocycles. The quantitative estimate of drug-likeness (QED) is 0.518. The molecule has 0 heterocycles. The van der Waals surface area contributed by atoms with Gasteiger partial charge in [0.15, 0.2) is 5.25 Å². The molecule has 0 amide bonds. The van der Waals surface area contributed by atoms with Crippen molar-refractivity contribution in [3.8, 4) is 0 Å². The number of hydrogen-bond donors (Lipinski definition) is 3. The second-order valence-electron chi connectivity index (χ2n) is 3.88. The van der Waals surface area contributed by atoms with Gasteiger partial charge in [0.2, 0.25) is 10.0 Å². The molecule has 0 saturated carbocycles. The highest BCUT2D eigenvalue weighted by molar-refractivity contribution is 7.90. The van der Waals surface area contributed by atoms with Crippen molar-refractivity contribution in [2.24, 2.45) is 0 Å². The molecule has 96 valence electrons. The first-order valence-electron chi connectivity index (χ1n) is 5.22.